The van der Waals surface area contributed by atoms with Gasteiger partial charge >= 0.3 is 0 Å². The first-order valence-electron chi connectivity index (χ1n) is 9.62. The summed E-state index contributed by atoms with van der Waals surface area (Å²) in [7, 11) is 1.57. The molecule has 6 nitrogen and oxygen atoms in total. The molecular weight excluding hydrogens is 368 g/mol. The molecule has 0 saturated carbocycles. The molecular formula is C23H28N2O4. The van der Waals surface area contributed by atoms with Crippen LogP contribution in [0.15, 0.2) is 36.4 Å². The third-order valence-electron chi connectivity index (χ3n) is 4.46. The van der Waals surface area contributed by atoms with Crippen LogP contribution in [0.4, 0.5) is 0 Å². The fourth-order valence-electron chi connectivity index (χ4n) is 3.04. The lowest BCUT2D eigenvalue weighted by Gasteiger charge is -2.16. The van der Waals surface area contributed by atoms with Crippen molar-refractivity contribution in [1.82, 2.24) is 5.32 Å². The largest absolute Gasteiger partial charge is 0.493 e. The maximum atomic E-state index is 11.6. The molecule has 0 bridgehead atoms. The quantitative estimate of drug-likeness (QED) is 0.611. The molecule has 2 aromatic rings. The van der Waals surface area contributed by atoms with E-state index in [2.05, 4.69) is 32.2 Å². The molecule has 0 fully saturated rings. The molecule has 0 radical (unpaired) electrons. The SMILES string of the molecule is COc1cccc(CNC(=O)CC#N)c1OCCOc1ccc(C(C)C)c(C)c1. The van der Waals surface area contributed by atoms with Crippen LogP contribution >= 0.6 is 0 Å². The Kier molecular flexibility index (Phi) is 8.35. The molecule has 6 heteroatoms. The van der Waals surface area contributed by atoms with E-state index >= 15 is 0 Å². The van der Waals surface area contributed by atoms with Crippen LogP contribution in [-0.4, -0.2) is 26.2 Å². The number of nitrogens with zero attached hydrogens (tertiary/aromatic N) is 1. The smallest absolute Gasteiger partial charge is 0.234 e. The highest BCUT2D eigenvalue weighted by molar-refractivity contribution is 5.78. The topological polar surface area (TPSA) is 80.6 Å². The minimum Gasteiger partial charge on any atom is -0.493 e. The van der Waals surface area contributed by atoms with Gasteiger partial charge in [0.25, 0.3) is 0 Å². The van der Waals surface area contributed by atoms with Crippen LogP contribution in [0.5, 0.6) is 17.2 Å². The summed E-state index contributed by atoms with van der Waals surface area (Å²) in [4.78, 5) is 11.6. The number of aryl methyl sites for hydroxylation is 1. The van der Waals surface area contributed by atoms with Crippen molar-refractivity contribution in [2.45, 2.75) is 39.7 Å². The number of hydrogen-bond acceptors (Lipinski definition) is 5. The molecule has 2 rings (SSSR count). The monoisotopic (exact) mass is 396 g/mol. The number of nitrogens with one attached hydrogen (secondary N) is 1. The Labute approximate surface area is 172 Å². The van der Waals surface area contributed by atoms with Gasteiger partial charge < -0.3 is 19.5 Å². The van der Waals surface area contributed by atoms with E-state index in [1.54, 1.807) is 13.2 Å². The standard InChI is InChI=1S/C23H28N2O4/c1-16(2)20-9-8-19(14-17(20)3)28-12-13-29-23-18(6-5-7-21(23)27-4)15-25-22(26)10-11-24/h5-9,14,16H,10,12-13,15H2,1-4H3,(H,25,26). The second kappa shape index (κ2) is 11.0. The van der Waals surface area contributed by atoms with Crippen molar-refractivity contribution in [3.63, 3.8) is 0 Å². The van der Waals surface area contributed by atoms with Crippen LogP contribution in [0, 0.1) is 18.3 Å². The molecule has 0 aliphatic heterocycles. The van der Waals surface area contributed by atoms with Gasteiger partial charge in [0.15, 0.2) is 11.5 Å². The van der Waals surface area contributed by atoms with E-state index in [1.165, 1.54) is 11.1 Å². The van der Waals surface area contributed by atoms with E-state index in [0.29, 0.717) is 30.6 Å². The summed E-state index contributed by atoms with van der Waals surface area (Å²) in [5, 5.41) is 11.3. The average Bonchev–Trinajstić information content (AvgIpc) is 2.70. The van der Waals surface area contributed by atoms with E-state index < -0.39 is 0 Å². The predicted molar refractivity (Wildman–Crippen MR) is 111 cm³/mol. The van der Waals surface area contributed by atoms with Crippen LogP contribution in [0.1, 0.15) is 42.9 Å². The second-order valence-electron chi connectivity index (χ2n) is 6.93. The van der Waals surface area contributed by atoms with Gasteiger partial charge in [-0.1, -0.05) is 32.0 Å². The van der Waals surface area contributed by atoms with E-state index in [4.69, 9.17) is 19.5 Å². The Hall–Kier alpha value is -3.20. The summed E-state index contributed by atoms with van der Waals surface area (Å²) in [5.74, 6) is 2.09. The van der Waals surface area contributed by atoms with Crippen molar-refractivity contribution >= 4 is 5.91 Å². The lowest BCUT2D eigenvalue weighted by molar-refractivity contribution is -0.120. The predicted octanol–water partition coefficient (Wildman–Crippen LogP) is 4.11. The molecule has 0 aliphatic rings. The van der Waals surface area contributed by atoms with Crippen LogP contribution < -0.4 is 19.5 Å². The van der Waals surface area contributed by atoms with Crippen molar-refractivity contribution < 1.29 is 19.0 Å². The molecule has 0 aromatic heterocycles. The third kappa shape index (κ3) is 6.42. The Morgan fingerprint density at radius 3 is 2.59 bits per heavy atom. The van der Waals surface area contributed by atoms with Crippen LogP contribution in [0.3, 0.4) is 0 Å². The van der Waals surface area contributed by atoms with Gasteiger partial charge in [-0.25, -0.2) is 0 Å². The van der Waals surface area contributed by atoms with Gasteiger partial charge in [-0.3, -0.25) is 4.79 Å². The molecule has 29 heavy (non-hydrogen) atoms. The highest BCUT2D eigenvalue weighted by atomic mass is 16.5. The molecule has 0 aliphatic carbocycles. The summed E-state index contributed by atoms with van der Waals surface area (Å²) in [6.07, 6.45) is -0.178. The third-order valence-corrected chi connectivity index (χ3v) is 4.46. The zero-order chi connectivity index (χ0) is 21.2. The van der Waals surface area contributed by atoms with Gasteiger partial charge in [-0.2, -0.15) is 5.26 Å². The van der Waals surface area contributed by atoms with Gasteiger partial charge in [0, 0.05) is 12.1 Å². The summed E-state index contributed by atoms with van der Waals surface area (Å²) in [6, 6.07) is 13.4. The number of ether oxygens (including phenoxy) is 3. The molecule has 0 spiro atoms. The number of nitriles is 1. The van der Waals surface area contributed by atoms with E-state index in [0.717, 1.165) is 11.3 Å². The van der Waals surface area contributed by atoms with Crippen molar-refractivity contribution in [3.05, 3.63) is 53.1 Å². The van der Waals surface area contributed by atoms with Crippen LogP contribution in [-0.2, 0) is 11.3 Å². The van der Waals surface area contributed by atoms with E-state index in [1.807, 2.05) is 30.3 Å². The number of carbonyl (C=O) groups is 1. The molecule has 154 valence electrons. The van der Waals surface area contributed by atoms with Gasteiger partial charge in [-0.15, -0.1) is 0 Å². The summed E-state index contributed by atoms with van der Waals surface area (Å²) in [6.45, 7) is 7.38. The number of amides is 1. The highest BCUT2D eigenvalue weighted by Gasteiger charge is 2.12. The lowest BCUT2D eigenvalue weighted by Crippen LogP contribution is -2.22. The maximum Gasteiger partial charge on any atom is 0.234 e. The molecule has 1 N–H and O–H groups in total. The molecule has 0 heterocycles. The second-order valence-corrected chi connectivity index (χ2v) is 6.93. The molecule has 0 atom stereocenters. The highest BCUT2D eigenvalue weighted by Crippen LogP contribution is 2.31. The Morgan fingerprint density at radius 2 is 1.93 bits per heavy atom. The fraction of sp³-hybridized carbons (Fsp3) is 0.391. The van der Waals surface area contributed by atoms with Crippen LogP contribution in [0.2, 0.25) is 0 Å². The molecule has 0 unspecified atom stereocenters. The van der Waals surface area contributed by atoms with Gasteiger partial charge in [0.05, 0.1) is 13.2 Å². The molecule has 0 saturated heterocycles. The van der Waals surface area contributed by atoms with Crippen molar-refractivity contribution in [2.24, 2.45) is 0 Å². The first-order chi connectivity index (χ1) is 14.0. The van der Waals surface area contributed by atoms with Crippen LogP contribution in [0.25, 0.3) is 0 Å². The van der Waals surface area contributed by atoms with Gasteiger partial charge in [0.1, 0.15) is 25.4 Å². The Bertz CT molecular complexity index is 872. The molecule has 1 amide bonds. The van der Waals surface area contributed by atoms with Crippen molar-refractivity contribution in [2.75, 3.05) is 20.3 Å². The van der Waals surface area contributed by atoms with Crippen molar-refractivity contribution in [1.29, 1.82) is 5.26 Å². The van der Waals surface area contributed by atoms with Gasteiger partial charge in [0.2, 0.25) is 5.91 Å². The number of carbonyl (C=O) groups excluding carboxylic acids is 1. The van der Waals surface area contributed by atoms with Gasteiger partial charge in [-0.05, 0) is 42.2 Å². The zero-order valence-corrected chi connectivity index (χ0v) is 17.5. The van der Waals surface area contributed by atoms with E-state index in [9.17, 15) is 4.79 Å². The average molecular weight is 396 g/mol. The summed E-state index contributed by atoms with van der Waals surface area (Å²) in [5.41, 5.74) is 3.29. The Balaban J connectivity index is 1.96. The number of rotatable bonds is 10. The van der Waals surface area contributed by atoms with Crippen molar-refractivity contribution in [3.8, 4) is 23.3 Å². The first kappa shape index (κ1) is 22.1. The number of para-hydroxylation sites is 1. The number of hydrogen-bond donors (Lipinski definition) is 1. The number of methoxy groups -OCH3 is 1. The maximum absolute atomic E-state index is 11.6. The normalized spacial score (nSPS) is 10.3. The minimum atomic E-state index is -0.329. The number of benzene rings is 2. The minimum absolute atomic E-state index is 0.178. The lowest BCUT2D eigenvalue weighted by atomic mass is 9.98. The first-order valence-corrected chi connectivity index (χ1v) is 9.62. The van der Waals surface area contributed by atoms with E-state index in [-0.39, 0.29) is 18.9 Å². The summed E-state index contributed by atoms with van der Waals surface area (Å²) >= 11 is 0. The fourth-order valence-corrected chi connectivity index (χ4v) is 3.04. The Morgan fingerprint density at radius 1 is 1.17 bits per heavy atom. The molecule has 2 aromatic carbocycles. The zero-order valence-electron chi connectivity index (χ0n) is 17.5. The summed E-state index contributed by atoms with van der Waals surface area (Å²) < 4.78 is 17.1.